The van der Waals surface area contributed by atoms with Gasteiger partial charge in [0.1, 0.15) is 10.5 Å². The highest BCUT2D eigenvalue weighted by Crippen LogP contribution is 2.41. The van der Waals surface area contributed by atoms with E-state index in [1.165, 1.54) is 0 Å². The standard InChI is InChI=1S/C10H30OSi4/c1-13(2,3)10(11-12,14(4,5)6)15(7,8)9/h1-9,12H3. The van der Waals surface area contributed by atoms with Gasteiger partial charge in [0.2, 0.25) is 0 Å². The second-order valence-corrected chi connectivity index (χ2v) is 25.2. The first kappa shape index (κ1) is 15.8. The van der Waals surface area contributed by atoms with E-state index in [2.05, 4.69) is 58.9 Å². The van der Waals surface area contributed by atoms with Crippen molar-refractivity contribution < 1.29 is 4.43 Å². The van der Waals surface area contributed by atoms with Crippen LogP contribution in [0.3, 0.4) is 0 Å². The lowest BCUT2D eigenvalue weighted by Crippen LogP contribution is -2.78. The summed E-state index contributed by atoms with van der Waals surface area (Å²) in [6, 6.07) is 0. The molecule has 0 unspecified atom stereocenters. The normalized spacial score (nSPS) is 15.8. The molecule has 0 aromatic carbocycles. The average Bonchev–Trinajstić information content (AvgIpc) is 1.76. The maximum Gasteiger partial charge on any atom is 0.145 e. The zero-order valence-electron chi connectivity index (χ0n) is 12.4. The first-order valence-corrected chi connectivity index (χ1v) is 17.2. The summed E-state index contributed by atoms with van der Waals surface area (Å²) in [7, 11) is -2.92. The highest BCUT2D eigenvalue weighted by Gasteiger charge is 2.59. The van der Waals surface area contributed by atoms with Gasteiger partial charge in [-0.25, -0.2) is 0 Å². The van der Waals surface area contributed by atoms with E-state index in [1.54, 1.807) is 0 Å². The highest BCUT2D eigenvalue weighted by molar-refractivity contribution is 7.15. The molecule has 0 aliphatic carbocycles. The molecule has 0 atom stereocenters. The minimum Gasteiger partial charge on any atom is -0.431 e. The van der Waals surface area contributed by atoms with Gasteiger partial charge in [-0.1, -0.05) is 58.9 Å². The maximum absolute atomic E-state index is 6.36. The van der Waals surface area contributed by atoms with Crippen LogP contribution in [0.5, 0.6) is 0 Å². The molecule has 5 heteroatoms. The summed E-state index contributed by atoms with van der Waals surface area (Å²) in [6.07, 6.45) is 0. The van der Waals surface area contributed by atoms with Crippen LogP contribution in [-0.4, -0.2) is 39.2 Å². The van der Waals surface area contributed by atoms with Gasteiger partial charge in [-0.2, -0.15) is 0 Å². The fourth-order valence-electron chi connectivity index (χ4n) is 4.29. The average molecular weight is 279 g/mol. The molecule has 0 amide bonds. The molecule has 0 saturated heterocycles. The largest absolute Gasteiger partial charge is 0.431 e. The third-order valence-electron chi connectivity index (χ3n) is 3.47. The zero-order chi connectivity index (χ0) is 12.7. The Morgan fingerprint density at radius 1 is 0.667 bits per heavy atom. The lowest BCUT2D eigenvalue weighted by atomic mass is 11.5. The Kier molecular flexibility index (Phi) is 4.48. The molecular weight excluding hydrogens is 248 g/mol. The van der Waals surface area contributed by atoms with Gasteiger partial charge in [-0.05, 0) is 0 Å². The SMILES string of the molecule is C[Si](C)(C)C(O[SiH3])([Si](C)(C)C)[Si](C)(C)C. The molecule has 92 valence electrons. The van der Waals surface area contributed by atoms with E-state index in [0.717, 1.165) is 10.5 Å². The third kappa shape index (κ3) is 2.57. The van der Waals surface area contributed by atoms with Crippen LogP contribution in [0.4, 0.5) is 0 Å². The van der Waals surface area contributed by atoms with E-state index < -0.39 is 24.2 Å². The van der Waals surface area contributed by atoms with E-state index in [9.17, 15) is 0 Å². The van der Waals surface area contributed by atoms with E-state index in [0.29, 0.717) is 4.47 Å². The second kappa shape index (κ2) is 4.25. The van der Waals surface area contributed by atoms with Gasteiger partial charge in [0.15, 0.2) is 0 Å². The van der Waals surface area contributed by atoms with Crippen molar-refractivity contribution in [2.45, 2.75) is 63.4 Å². The van der Waals surface area contributed by atoms with Gasteiger partial charge >= 0.3 is 0 Å². The van der Waals surface area contributed by atoms with Gasteiger partial charge in [-0.15, -0.1) is 0 Å². The van der Waals surface area contributed by atoms with E-state index in [-0.39, 0.29) is 0 Å². The number of rotatable bonds is 4. The van der Waals surface area contributed by atoms with E-state index >= 15 is 0 Å². The first-order chi connectivity index (χ1) is 6.31. The molecule has 0 bridgehead atoms. The Morgan fingerprint density at radius 2 is 0.867 bits per heavy atom. The molecule has 0 radical (unpaired) electrons. The lowest BCUT2D eigenvalue weighted by molar-refractivity contribution is 0.314. The second-order valence-electron chi connectivity index (χ2n) is 7.64. The molecule has 0 aromatic heterocycles. The lowest BCUT2D eigenvalue weighted by Gasteiger charge is -2.58. The van der Waals surface area contributed by atoms with E-state index in [1.807, 2.05) is 0 Å². The molecule has 0 fully saturated rings. The van der Waals surface area contributed by atoms with Gasteiger partial charge in [0, 0.05) is 4.47 Å². The van der Waals surface area contributed by atoms with Crippen LogP contribution in [0.15, 0.2) is 0 Å². The Balaban J connectivity index is 5.78. The maximum atomic E-state index is 6.36. The molecule has 0 aliphatic rings. The van der Waals surface area contributed by atoms with Crippen LogP contribution >= 0.6 is 0 Å². The predicted octanol–water partition coefficient (Wildman–Crippen LogP) is 2.65. The Hall–Kier alpha value is 0.828. The fraction of sp³-hybridized carbons (Fsp3) is 1.00. The molecule has 0 rings (SSSR count). The summed E-state index contributed by atoms with van der Waals surface area (Å²) in [5.41, 5.74) is 0. The molecular formula is C10H30OSi4. The van der Waals surface area contributed by atoms with Crippen LogP contribution < -0.4 is 0 Å². The van der Waals surface area contributed by atoms with Gasteiger partial charge in [0.05, 0.1) is 24.2 Å². The Labute approximate surface area is 103 Å². The van der Waals surface area contributed by atoms with Gasteiger partial charge in [-0.3, -0.25) is 0 Å². The van der Waals surface area contributed by atoms with Gasteiger partial charge < -0.3 is 4.43 Å². The minimum absolute atomic E-state index is 0.333. The van der Waals surface area contributed by atoms with E-state index in [4.69, 9.17) is 4.43 Å². The summed E-state index contributed by atoms with van der Waals surface area (Å²) in [4.78, 5) is 0. The molecule has 1 nitrogen and oxygen atoms in total. The first-order valence-electron chi connectivity index (χ1n) is 5.86. The summed E-state index contributed by atoms with van der Waals surface area (Å²) >= 11 is 0. The van der Waals surface area contributed by atoms with Crippen LogP contribution in [0, 0.1) is 0 Å². The quantitative estimate of drug-likeness (QED) is 0.719. The van der Waals surface area contributed by atoms with Crippen molar-refractivity contribution >= 4 is 34.7 Å². The summed E-state index contributed by atoms with van der Waals surface area (Å²) < 4.78 is 6.69. The predicted molar refractivity (Wildman–Crippen MR) is 83.8 cm³/mol. The van der Waals surface area contributed by atoms with Gasteiger partial charge in [0.25, 0.3) is 0 Å². The van der Waals surface area contributed by atoms with Crippen molar-refractivity contribution in [3.8, 4) is 0 Å². The summed E-state index contributed by atoms with van der Waals surface area (Å²) in [5, 5.41) is 0. The molecule has 0 aliphatic heterocycles. The fourth-order valence-corrected chi connectivity index (χ4v) is 38.6. The third-order valence-corrected chi connectivity index (χ3v) is 25.8. The molecule has 0 spiro atoms. The van der Waals surface area contributed by atoms with Crippen molar-refractivity contribution in [3.05, 3.63) is 0 Å². The van der Waals surface area contributed by atoms with Crippen molar-refractivity contribution in [2.75, 3.05) is 0 Å². The Bertz CT molecular complexity index is 183. The Morgan fingerprint density at radius 3 is 0.867 bits per heavy atom. The molecule has 15 heavy (non-hydrogen) atoms. The van der Waals surface area contributed by atoms with Crippen LogP contribution in [-0.2, 0) is 4.43 Å². The molecule has 0 N–H and O–H groups in total. The van der Waals surface area contributed by atoms with Crippen LogP contribution in [0.1, 0.15) is 0 Å². The topological polar surface area (TPSA) is 9.23 Å². The van der Waals surface area contributed by atoms with Crippen molar-refractivity contribution in [1.82, 2.24) is 0 Å². The number of hydrogen-bond donors (Lipinski definition) is 0. The molecule has 0 saturated carbocycles. The van der Waals surface area contributed by atoms with Crippen LogP contribution in [0.2, 0.25) is 58.9 Å². The smallest absolute Gasteiger partial charge is 0.145 e. The van der Waals surface area contributed by atoms with Crippen molar-refractivity contribution in [1.29, 1.82) is 0 Å². The van der Waals surface area contributed by atoms with Crippen molar-refractivity contribution in [3.63, 3.8) is 0 Å². The molecule has 0 heterocycles. The monoisotopic (exact) mass is 278 g/mol. The highest BCUT2D eigenvalue weighted by atomic mass is 28.5. The number of hydrogen-bond acceptors (Lipinski definition) is 1. The minimum atomic E-state index is -1.27. The van der Waals surface area contributed by atoms with Crippen molar-refractivity contribution in [2.24, 2.45) is 0 Å². The molecule has 0 aromatic rings. The summed E-state index contributed by atoms with van der Waals surface area (Å²) in [5.74, 6) is 0. The zero-order valence-corrected chi connectivity index (χ0v) is 17.4. The summed E-state index contributed by atoms with van der Waals surface area (Å²) in [6.45, 7) is 22.5. The van der Waals surface area contributed by atoms with Crippen LogP contribution in [0.25, 0.3) is 0 Å².